The van der Waals surface area contributed by atoms with Crippen LogP contribution in [0.25, 0.3) is 0 Å². The van der Waals surface area contributed by atoms with Crippen LogP contribution in [-0.4, -0.2) is 42.5 Å². The minimum atomic E-state index is -3.86. The molecule has 30 heavy (non-hydrogen) atoms. The van der Waals surface area contributed by atoms with Gasteiger partial charge in [-0.2, -0.15) is 4.31 Å². The molecular formula is C19H22N4O5S2. The quantitative estimate of drug-likeness (QED) is 0.498. The Morgan fingerprint density at radius 2 is 1.97 bits per heavy atom. The predicted molar refractivity (Wildman–Crippen MR) is 112 cm³/mol. The van der Waals surface area contributed by atoms with Crippen molar-refractivity contribution >= 4 is 32.4 Å². The molecule has 1 N–H and O–H groups in total. The van der Waals surface area contributed by atoms with Crippen LogP contribution in [0.15, 0.2) is 51.4 Å². The van der Waals surface area contributed by atoms with Crippen molar-refractivity contribution in [1.82, 2.24) is 14.5 Å². The maximum absolute atomic E-state index is 12.6. The van der Waals surface area contributed by atoms with Crippen LogP contribution in [0.1, 0.15) is 30.0 Å². The number of furan rings is 1. The van der Waals surface area contributed by atoms with Crippen molar-refractivity contribution in [2.45, 2.75) is 24.7 Å². The zero-order chi connectivity index (χ0) is 21.7. The summed E-state index contributed by atoms with van der Waals surface area (Å²) in [5.74, 6) is 1.15. The van der Waals surface area contributed by atoms with Gasteiger partial charge in [-0.15, -0.1) is 10.2 Å². The Bertz CT molecular complexity index is 1080. The number of nitrogens with one attached hydrogen (secondary N) is 1. The molecule has 0 aliphatic heterocycles. The van der Waals surface area contributed by atoms with Gasteiger partial charge in [0, 0.05) is 12.6 Å². The first-order chi connectivity index (χ1) is 14.3. The van der Waals surface area contributed by atoms with Crippen LogP contribution in [0.3, 0.4) is 0 Å². The summed E-state index contributed by atoms with van der Waals surface area (Å²) in [6.45, 7) is 4.74. The third-order valence-corrected chi connectivity index (χ3v) is 6.90. The molecular weight excluding hydrogens is 428 g/mol. The van der Waals surface area contributed by atoms with E-state index in [9.17, 15) is 13.2 Å². The molecule has 2 aromatic heterocycles. The fourth-order valence-corrected chi connectivity index (χ4v) is 4.56. The number of sulfonamides is 1. The maximum Gasteiger partial charge on any atom is 0.272 e. The summed E-state index contributed by atoms with van der Waals surface area (Å²) in [6.07, 6.45) is 1.47. The number of benzene rings is 1. The number of rotatable bonds is 9. The van der Waals surface area contributed by atoms with Crippen molar-refractivity contribution in [3.05, 3.63) is 54.0 Å². The van der Waals surface area contributed by atoms with Crippen molar-refractivity contribution in [2.24, 2.45) is 5.92 Å². The number of amides is 1. The van der Waals surface area contributed by atoms with Crippen molar-refractivity contribution in [1.29, 1.82) is 0 Å². The van der Waals surface area contributed by atoms with E-state index in [2.05, 4.69) is 15.5 Å². The second-order valence-corrected chi connectivity index (χ2v) is 10.1. The summed E-state index contributed by atoms with van der Waals surface area (Å²) >= 11 is 0.779. The molecule has 1 amide bonds. The Labute approximate surface area is 178 Å². The molecule has 1 aromatic carbocycles. The van der Waals surface area contributed by atoms with Gasteiger partial charge in [0.25, 0.3) is 15.9 Å². The standard InChI is InChI=1S/C19H22N4O5S2/c1-13(2)12-28-15-8-6-14(7-9-15)17(24)20-18-21-22-19(29-18)30(25,26)23(3)11-16-5-4-10-27-16/h4-10,13H,11-12H2,1-3H3,(H,20,21,24). The van der Waals surface area contributed by atoms with E-state index in [4.69, 9.17) is 9.15 Å². The van der Waals surface area contributed by atoms with E-state index in [0.29, 0.717) is 29.6 Å². The topological polar surface area (TPSA) is 115 Å². The van der Waals surface area contributed by atoms with Crippen molar-refractivity contribution in [3.8, 4) is 5.75 Å². The molecule has 0 aliphatic carbocycles. The number of ether oxygens (including phenoxy) is 1. The van der Waals surface area contributed by atoms with E-state index < -0.39 is 15.9 Å². The number of hydrogen-bond acceptors (Lipinski definition) is 8. The number of hydrogen-bond donors (Lipinski definition) is 1. The summed E-state index contributed by atoms with van der Waals surface area (Å²) in [7, 11) is -2.45. The second kappa shape index (κ2) is 9.37. The average molecular weight is 451 g/mol. The third-order valence-electron chi connectivity index (χ3n) is 3.92. The number of anilines is 1. The zero-order valence-electron chi connectivity index (χ0n) is 16.7. The van der Waals surface area contributed by atoms with Crippen molar-refractivity contribution < 1.29 is 22.4 Å². The molecule has 0 saturated heterocycles. The van der Waals surface area contributed by atoms with E-state index >= 15 is 0 Å². The highest BCUT2D eigenvalue weighted by Crippen LogP contribution is 2.24. The van der Waals surface area contributed by atoms with Crippen LogP contribution in [-0.2, 0) is 16.6 Å². The van der Waals surface area contributed by atoms with Gasteiger partial charge in [-0.05, 0) is 42.3 Å². The normalized spacial score (nSPS) is 11.8. The van der Waals surface area contributed by atoms with Crippen LogP contribution < -0.4 is 10.1 Å². The molecule has 9 nitrogen and oxygen atoms in total. The molecule has 0 radical (unpaired) electrons. The van der Waals surface area contributed by atoms with Crippen LogP contribution in [0.2, 0.25) is 0 Å². The zero-order valence-corrected chi connectivity index (χ0v) is 18.4. The maximum atomic E-state index is 12.6. The highest BCUT2D eigenvalue weighted by atomic mass is 32.2. The first-order valence-electron chi connectivity index (χ1n) is 9.12. The fourth-order valence-electron chi connectivity index (χ4n) is 2.34. The molecule has 0 unspecified atom stereocenters. The second-order valence-electron chi connectivity index (χ2n) is 6.90. The van der Waals surface area contributed by atoms with Gasteiger partial charge in [0.05, 0.1) is 19.4 Å². The third kappa shape index (κ3) is 5.43. The van der Waals surface area contributed by atoms with E-state index in [1.165, 1.54) is 13.3 Å². The molecule has 3 aromatic rings. The predicted octanol–water partition coefficient (Wildman–Crippen LogP) is 3.24. The molecule has 0 atom stereocenters. The van der Waals surface area contributed by atoms with Gasteiger partial charge < -0.3 is 9.15 Å². The minimum Gasteiger partial charge on any atom is -0.493 e. The Balaban J connectivity index is 1.63. The van der Waals surface area contributed by atoms with Gasteiger partial charge in [-0.3, -0.25) is 10.1 Å². The number of carbonyl (C=O) groups is 1. The van der Waals surface area contributed by atoms with Gasteiger partial charge in [0.1, 0.15) is 11.5 Å². The molecule has 11 heteroatoms. The molecule has 0 spiro atoms. The summed E-state index contributed by atoms with van der Waals surface area (Å²) in [6, 6.07) is 10.0. The minimum absolute atomic E-state index is 0.0574. The summed E-state index contributed by atoms with van der Waals surface area (Å²) < 4.78 is 36.9. The van der Waals surface area contributed by atoms with Gasteiger partial charge in [-0.1, -0.05) is 25.2 Å². The van der Waals surface area contributed by atoms with E-state index in [0.717, 1.165) is 15.6 Å². The number of aromatic nitrogens is 2. The van der Waals surface area contributed by atoms with Gasteiger partial charge >= 0.3 is 0 Å². The van der Waals surface area contributed by atoms with Crippen molar-refractivity contribution in [3.63, 3.8) is 0 Å². The highest BCUT2D eigenvalue weighted by molar-refractivity contribution is 7.91. The molecule has 0 saturated carbocycles. The van der Waals surface area contributed by atoms with Gasteiger partial charge in [0.15, 0.2) is 0 Å². The first-order valence-corrected chi connectivity index (χ1v) is 11.4. The highest BCUT2D eigenvalue weighted by Gasteiger charge is 2.27. The van der Waals surface area contributed by atoms with E-state index in [1.54, 1.807) is 36.4 Å². The monoisotopic (exact) mass is 450 g/mol. The molecule has 3 rings (SSSR count). The van der Waals surface area contributed by atoms with Crippen LogP contribution in [0.5, 0.6) is 5.75 Å². The van der Waals surface area contributed by atoms with Crippen LogP contribution in [0, 0.1) is 5.92 Å². The molecule has 0 fully saturated rings. The summed E-state index contributed by atoms with van der Waals surface area (Å²) in [5, 5.41) is 10.1. The molecule has 0 bridgehead atoms. The summed E-state index contributed by atoms with van der Waals surface area (Å²) in [5.41, 5.74) is 0.390. The summed E-state index contributed by atoms with van der Waals surface area (Å²) in [4.78, 5) is 12.4. The van der Waals surface area contributed by atoms with E-state index in [1.807, 2.05) is 13.8 Å². The molecule has 0 aliphatic rings. The Hall–Kier alpha value is -2.76. The molecule has 160 valence electrons. The van der Waals surface area contributed by atoms with E-state index in [-0.39, 0.29) is 16.0 Å². The SMILES string of the molecule is CC(C)COc1ccc(C(=O)Nc2nnc(S(=O)(=O)N(C)Cc3ccco3)s2)cc1. The van der Waals surface area contributed by atoms with Crippen molar-refractivity contribution in [2.75, 3.05) is 19.0 Å². The lowest BCUT2D eigenvalue weighted by atomic mass is 10.2. The first kappa shape index (κ1) is 21.9. The Morgan fingerprint density at radius 3 is 2.60 bits per heavy atom. The van der Waals surface area contributed by atoms with Crippen LogP contribution in [0.4, 0.5) is 5.13 Å². The van der Waals surface area contributed by atoms with Gasteiger partial charge in [-0.25, -0.2) is 8.42 Å². The lowest BCUT2D eigenvalue weighted by Gasteiger charge is -2.12. The lowest BCUT2D eigenvalue weighted by molar-refractivity contribution is 0.102. The molecule has 2 heterocycles. The number of nitrogens with zero attached hydrogens (tertiary/aromatic N) is 3. The lowest BCUT2D eigenvalue weighted by Crippen LogP contribution is -2.26. The fraction of sp³-hybridized carbons (Fsp3) is 0.316. The van der Waals surface area contributed by atoms with Gasteiger partial charge in [0.2, 0.25) is 9.47 Å². The largest absolute Gasteiger partial charge is 0.493 e. The Morgan fingerprint density at radius 1 is 1.23 bits per heavy atom. The Kier molecular flexibility index (Phi) is 6.85. The average Bonchev–Trinajstić information content (AvgIpc) is 3.39. The van der Waals surface area contributed by atoms with Crippen LogP contribution >= 0.6 is 11.3 Å². The smallest absolute Gasteiger partial charge is 0.272 e. The number of carbonyl (C=O) groups excluding carboxylic acids is 1.